The van der Waals surface area contributed by atoms with Crippen molar-refractivity contribution in [2.45, 2.75) is 26.7 Å². The van der Waals surface area contributed by atoms with Gasteiger partial charge in [0.05, 0.1) is 6.07 Å². The van der Waals surface area contributed by atoms with E-state index in [1.54, 1.807) is 0 Å². The Morgan fingerprint density at radius 2 is 1.92 bits per heavy atom. The van der Waals surface area contributed by atoms with Crippen LogP contribution in [0.5, 0.6) is 0 Å². The third-order valence-corrected chi connectivity index (χ3v) is 2.16. The molecule has 0 unspecified atom stereocenters. The van der Waals surface area contributed by atoms with Crippen LogP contribution in [0.15, 0.2) is 0 Å². The van der Waals surface area contributed by atoms with E-state index in [0.717, 1.165) is 12.8 Å². The summed E-state index contributed by atoms with van der Waals surface area (Å²) in [4.78, 5) is 0. The Morgan fingerprint density at radius 3 is 2.38 bits per heavy atom. The highest BCUT2D eigenvalue weighted by atomic mass is 16.5. The average Bonchev–Trinajstić information content (AvgIpc) is 2.16. The Balaban J connectivity index is 2.71. The fourth-order valence-corrected chi connectivity index (χ4v) is 1.27. The van der Waals surface area contributed by atoms with Gasteiger partial charge in [-0.15, -0.1) is 0 Å². The van der Waals surface area contributed by atoms with Gasteiger partial charge in [0.15, 0.2) is 0 Å². The van der Waals surface area contributed by atoms with Crippen LogP contribution < -0.4 is 0 Å². The molecule has 13 heavy (non-hydrogen) atoms. The second kappa shape index (κ2) is 4.30. The SMILES string of the molecule is CC(C)C#CC1(C#N)CCOCC1. The maximum atomic E-state index is 9.05. The molecule has 0 aromatic rings. The summed E-state index contributed by atoms with van der Waals surface area (Å²) >= 11 is 0. The van der Waals surface area contributed by atoms with Crippen LogP contribution in [0.1, 0.15) is 26.7 Å². The van der Waals surface area contributed by atoms with Crippen LogP contribution in [-0.4, -0.2) is 13.2 Å². The van der Waals surface area contributed by atoms with E-state index in [1.165, 1.54) is 0 Å². The summed E-state index contributed by atoms with van der Waals surface area (Å²) in [6, 6.07) is 2.32. The summed E-state index contributed by atoms with van der Waals surface area (Å²) in [5.74, 6) is 6.51. The van der Waals surface area contributed by atoms with E-state index < -0.39 is 5.41 Å². The van der Waals surface area contributed by atoms with Gasteiger partial charge < -0.3 is 4.74 Å². The van der Waals surface area contributed by atoms with Crippen molar-refractivity contribution in [3.8, 4) is 17.9 Å². The Labute approximate surface area is 79.9 Å². The number of hydrogen-bond acceptors (Lipinski definition) is 2. The summed E-state index contributed by atoms with van der Waals surface area (Å²) in [7, 11) is 0. The molecule has 0 atom stereocenters. The Hall–Kier alpha value is -0.990. The summed E-state index contributed by atoms with van der Waals surface area (Å²) in [6.45, 7) is 5.41. The highest BCUT2D eigenvalue weighted by molar-refractivity contribution is 5.22. The standard InChI is InChI=1S/C11H15NO/c1-10(2)3-4-11(9-12)5-7-13-8-6-11/h10H,5-8H2,1-2H3. The summed E-state index contributed by atoms with van der Waals surface area (Å²) in [5.41, 5.74) is -0.428. The van der Waals surface area contributed by atoms with Crippen LogP contribution in [0.2, 0.25) is 0 Å². The van der Waals surface area contributed by atoms with Gasteiger partial charge in [-0.05, 0) is 0 Å². The number of hydrogen-bond donors (Lipinski definition) is 0. The van der Waals surface area contributed by atoms with Gasteiger partial charge in [-0.25, -0.2) is 0 Å². The number of rotatable bonds is 0. The minimum Gasteiger partial charge on any atom is -0.381 e. The zero-order chi connectivity index (χ0) is 9.73. The number of nitrogens with zero attached hydrogens (tertiary/aromatic N) is 1. The van der Waals surface area contributed by atoms with E-state index in [0.29, 0.717) is 19.1 Å². The second-order valence-corrected chi connectivity index (χ2v) is 3.73. The minimum absolute atomic E-state index is 0.341. The van der Waals surface area contributed by atoms with Crippen molar-refractivity contribution in [3.63, 3.8) is 0 Å². The van der Waals surface area contributed by atoms with Gasteiger partial charge in [-0.2, -0.15) is 5.26 Å². The molecule has 1 heterocycles. The summed E-state index contributed by atoms with van der Waals surface area (Å²) in [5, 5.41) is 9.05. The van der Waals surface area contributed by atoms with Crippen molar-refractivity contribution in [3.05, 3.63) is 0 Å². The van der Waals surface area contributed by atoms with Crippen LogP contribution in [0, 0.1) is 34.5 Å². The highest BCUT2D eigenvalue weighted by Gasteiger charge is 2.30. The van der Waals surface area contributed by atoms with Gasteiger partial charge in [0.1, 0.15) is 5.41 Å². The van der Waals surface area contributed by atoms with E-state index in [-0.39, 0.29) is 0 Å². The quantitative estimate of drug-likeness (QED) is 0.530. The fraction of sp³-hybridized carbons (Fsp3) is 0.727. The third kappa shape index (κ3) is 2.76. The van der Waals surface area contributed by atoms with Gasteiger partial charge >= 0.3 is 0 Å². The molecule has 0 aromatic carbocycles. The molecule has 1 fully saturated rings. The maximum absolute atomic E-state index is 9.05. The number of ether oxygens (including phenoxy) is 1. The molecule has 1 rings (SSSR count). The second-order valence-electron chi connectivity index (χ2n) is 3.73. The van der Waals surface area contributed by atoms with Gasteiger partial charge in [0.25, 0.3) is 0 Å². The summed E-state index contributed by atoms with van der Waals surface area (Å²) < 4.78 is 5.21. The lowest BCUT2D eigenvalue weighted by Gasteiger charge is -2.25. The van der Waals surface area contributed by atoms with E-state index in [4.69, 9.17) is 10.00 Å². The van der Waals surface area contributed by atoms with Crippen molar-refractivity contribution in [2.75, 3.05) is 13.2 Å². The predicted octanol–water partition coefficient (Wildman–Crippen LogP) is 1.97. The topological polar surface area (TPSA) is 33.0 Å². The first-order valence-corrected chi connectivity index (χ1v) is 4.70. The third-order valence-electron chi connectivity index (χ3n) is 2.16. The van der Waals surface area contributed by atoms with Crippen LogP contribution in [0.4, 0.5) is 0 Å². The normalized spacial score (nSPS) is 20.2. The Kier molecular flexibility index (Phi) is 3.34. The number of nitriles is 1. The fourth-order valence-electron chi connectivity index (χ4n) is 1.27. The molecule has 0 aliphatic carbocycles. The molecule has 70 valence electrons. The molecule has 1 aliphatic rings. The van der Waals surface area contributed by atoms with Crippen LogP contribution in [0.3, 0.4) is 0 Å². The van der Waals surface area contributed by atoms with Crippen LogP contribution >= 0.6 is 0 Å². The first-order valence-electron chi connectivity index (χ1n) is 4.70. The molecule has 1 aliphatic heterocycles. The molecule has 0 N–H and O–H groups in total. The van der Waals surface area contributed by atoms with Crippen LogP contribution in [-0.2, 0) is 4.74 Å². The first-order chi connectivity index (χ1) is 6.18. The molecule has 0 amide bonds. The van der Waals surface area contributed by atoms with Crippen molar-refractivity contribution >= 4 is 0 Å². The summed E-state index contributed by atoms with van der Waals surface area (Å²) in [6.07, 6.45) is 1.51. The minimum atomic E-state index is -0.428. The molecule has 0 saturated carbocycles. The molecule has 2 nitrogen and oxygen atoms in total. The zero-order valence-electron chi connectivity index (χ0n) is 8.26. The lowest BCUT2D eigenvalue weighted by molar-refractivity contribution is 0.0611. The van der Waals surface area contributed by atoms with E-state index in [2.05, 4.69) is 17.9 Å². The van der Waals surface area contributed by atoms with Gasteiger partial charge in [0.2, 0.25) is 0 Å². The lowest BCUT2D eigenvalue weighted by Crippen LogP contribution is -2.26. The van der Waals surface area contributed by atoms with E-state index >= 15 is 0 Å². The largest absolute Gasteiger partial charge is 0.381 e. The molecular weight excluding hydrogens is 162 g/mol. The predicted molar refractivity (Wildman–Crippen MR) is 50.7 cm³/mol. The molecule has 0 bridgehead atoms. The Bertz CT molecular complexity index is 258. The van der Waals surface area contributed by atoms with E-state index in [9.17, 15) is 0 Å². The smallest absolute Gasteiger partial charge is 0.122 e. The van der Waals surface area contributed by atoms with Gasteiger partial charge in [-0.1, -0.05) is 25.7 Å². The van der Waals surface area contributed by atoms with Crippen LogP contribution in [0.25, 0.3) is 0 Å². The lowest BCUT2D eigenvalue weighted by atomic mass is 9.82. The van der Waals surface area contributed by atoms with Gasteiger partial charge in [0, 0.05) is 32.0 Å². The van der Waals surface area contributed by atoms with E-state index in [1.807, 2.05) is 13.8 Å². The van der Waals surface area contributed by atoms with Crippen molar-refractivity contribution < 1.29 is 4.74 Å². The molecular formula is C11H15NO. The van der Waals surface area contributed by atoms with Gasteiger partial charge in [-0.3, -0.25) is 0 Å². The Morgan fingerprint density at radius 1 is 1.31 bits per heavy atom. The average molecular weight is 177 g/mol. The monoisotopic (exact) mass is 177 g/mol. The molecule has 1 saturated heterocycles. The molecule has 0 spiro atoms. The maximum Gasteiger partial charge on any atom is 0.122 e. The van der Waals surface area contributed by atoms with Crippen molar-refractivity contribution in [1.82, 2.24) is 0 Å². The molecule has 0 radical (unpaired) electrons. The van der Waals surface area contributed by atoms with Crippen molar-refractivity contribution in [2.24, 2.45) is 11.3 Å². The van der Waals surface area contributed by atoms with Crippen molar-refractivity contribution in [1.29, 1.82) is 5.26 Å². The zero-order valence-corrected chi connectivity index (χ0v) is 8.26. The molecule has 2 heteroatoms. The molecule has 0 aromatic heterocycles. The first kappa shape index (κ1) is 10.1. The highest BCUT2D eigenvalue weighted by Crippen LogP contribution is 2.28.